The fraction of sp³-hybridized carbons (Fsp3) is 0.333. The third-order valence-corrected chi connectivity index (χ3v) is 3.83. The first kappa shape index (κ1) is 13.5. The molecule has 1 aliphatic rings. The Morgan fingerprint density at radius 1 is 1.24 bits per heavy atom. The lowest BCUT2D eigenvalue weighted by atomic mass is 10.2. The Labute approximate surface area is 123 Å². The molecule has 0 spiro atoms. The Kier molecular flexibility index (Phi) is 3.51. The average Bonchev–Trinajstić information content (AvgIpc) is 3.11. The van der Waals surface area contributed by atoms with Crippen molar-refractivity contribution in [1.82, 2.24) is 9.78 Å². The molecule has 2 aromatic rings. The second kappa shape index (κ2) is 5.47. The molecule has 0 saturated carbocycles. The van der Waals surface area contributed by atoms with Crippen molar-refractivity contribution >= 4 is 23.1 Å². The lowest BCUT2D eigenvalue weighted by Gasteiger charge is -2.17. The number of anilines is 3. The van der Waals surface area contributed by atoms with Gasteiger partial charge in [-0.2, -0.15) is 5.10 Å². The predicted molar refractivity (Wildman–Crippen MR) is 83.5 cm³/mol. The number of nitrogen functional groups attached to an aromatic ring is 1. The highest BCUT2D eigenvalue weighted by atomic mass is 16.1. The maximum atomic E-state index is 12.1. The van der Waals surface area contributed by atoms with Gasteiger partial charge in [-0.25, -0.2) is 0 Å². The molecule has 3 rings (SSSR count). The number of carbonyl (C=O) groups excluding carboxylic acids is 1. The molecule has 0 bridgehead atoms. The molecule has 6 heteroatoms. The number of benzene rings is 1. The van der Waals surface area contributed by atoms with Crippen LogP contribution in [0, 0.1) is 0 Å². The quantitative estimate of drug-likeness (QED) is 0.902. The van der Waals surface area contributed by atoms with E-state index >= 15 is 0 Å². The van der Waals surface area contributed by atoms with Gasteiger partial charge in [0, 0.05) is 31.5 Å². The molecule has 1 aliphatic heterocycles. The van der Waals surface area contributed by atoms with Gasteiger partial charge in [-0.05, 0) is 37.1 Å². The third kappa shape index (κ3) is 2.69. The second-order valence-electron chi connectivity index (χ2n) is 5.26. The van der Waals surface area contributed by atoms with Crippen LogP contribution in [0.5, 0.6) is 0 Å². The summed E-state index contributed by atoms with van der Waals surface area (Å²) < 4.78 is 1.48. The summed E-state index contributed by atoms with van der Waals surface area (Å²) in [6.07, 6.45) is 3.97. The predicted octanol–water partition coefficient (Wildman–Crippen LogP) is 1.85. The van der Waals surface area contributed by atoms with E-state index in [1.165, 1.54) is 29.4 Å². The zero-order valence-corrected chi connectivity index (χ0v) is 12.0. The lowest BCUT2D eigenvalue weighted by molar-refractivity contribution is 0.102. The number of hydrogen-bond acceptors (Lipinski definition) is 4. The number of aromatic nitrogens is 2. The van der Waals surface area contributed by atoms with E-state index in [-0.39, 0.29) is 5.91 Å². The van der Waals surface area contributed by atoms with Crippen molar-refractivity contribution in [1.29, 1.82) is 0 Å². The van der Waals surface area contributed by atoms with E-state index in [9.17, 15) is 4.79 Å². The molecule has 1 aromatic carbocycles. The fourth-order valence-electron chi connectivity index (χ4n) is 2.55. The topological polar surface area (TPSA) is 76.2 Å². The van der Waals surface area contributed by atoms with Gasteiger partial charge < -0.3 is 16.0 Å². The summed E-state index contributed by atoms with van der Waals surface area (Å²) in [7, 11) is 1.71. The van der Waals surface area contributed by atoms with Crippen LogP contribution < -0.4 is 16.0 Å². The molecule has 2 heterocycles. The first-order valence-corrected chi connectivity index (χ1v) is 7.09. The van der Waals surface area contributed by atoms with Gasteiger partial charge in [0.05, 0.1) is 6.20 Å². The fourth-order valence-corrected chi connectivity index (χ4v) is 2.55. The molecule has 6 nitrogen and oxygen atoms in total. The van der Waals surface area contributed by atoms with Gasteiger partial charge in [-0.3, -0.25) is 9.48 Å². The molecule has 0 unspecified atom stereocenters. The maximum absolute atomic E-state index is 12.1. The van der Waals surface area contributed by atoms with Gasteiger partial charge in [0.2, 0.25) is 0 Å². The van der Waals surface area contributed by atoms with E-state index in [0.717, 1.165) is 18.8 Å². The molecule has 1 saturated heterocycles. The highest BCUT2D eigenvalue weighted by Crippen LogP contribution is 2.22. The monoisotopic (exact) mass is 285 g/mol. The maximum Gasteiger partial charge on any atom is 0.261 e. The van der Waals surface area contributed by atoms with Crippen LogP contribution in [0.2, 0.25) is 0 Å². The molecule has 110 valence electrons. The smallest absolute Gasteiger partial charge is 0.261 e. The van der Waals surface area contributed by atoms with Crippen molar-refractivity contribution in [3.8, 4) is 0 Å². The number of nitrogens with zero attached hydrogens (tertiary/aromatic N) is 3. The van der Waals surface area contributed by atoms with Crippen LogP contribution in [-0.2, 0) is 7.05 Å². The standard InChI is InChI=1S/C15H19N5O/c1-19-14(16)13(10-17-19)15(21)18-11-4-6-12(7-5-11)20-8-2-3-9-20/h4-7,10H,2-3,8-9,16H2,1H3,(H,18,21). The minimum absolute atomic E-state index is 0.241. The molecule has 21 heavy (non-hydrogen) atoms. The number of nitrogens with one attached hydrogen (secondary N) is 1. The third-order valence-electron chi connectivity index (χ3n) is 3.83. The van der Waals surface area contributed by atoms with Crippen LogP contribution in [0.15, 0.2) is 30.5 Å². The van der Waals surface area contributed by atoms with Crippen LogP contribution in [0.3, 0.4) is 0 Å². The van der Waals surface area contributed by atoms with Crippen LogP contribution in [0.4, 0.5) is 17.2 Å². The first-order valence-electron chi connectivity index (χ1n) is 7.09. The van der Waals surface area contributed by atoms with Gasteiger partial charge in [0.15, 0.2) is 0 Å². The van der Waals surface area contributed by atoms with E-state index in [1.54, 1.807) is 7.05 Å². The van der Waals surface area contributed by atoms with Crippen LogP contribution in [-0.4, -0.2) is 28.8 Å². The Morgan fingerprint density at radius 2 is 1.90 bits per heavy atom. The summed E-state index contributed by atoms with van der Waals surface area (Å²) in [6.45, 7) is 2.22. The van der Waals surface area contributed by atoms with E-state index in [1.807, 2.05) is 24.3 Å². The highest BCUT2D eigenvalue weighted by Gasteiger charge is 2.15. The first-order chi connectivity index (χ1) is 10.1. The summed E-state index contributed by atoms with van der Waals surface area (Å²) in [5.41, 5.74) is 8.14. The number of aryl methyl sites for hydroxylation is 1. The Hall–Kier alpha value is -2.50. The molecular weight excluding hydrogens is 266 g/mol. The van der Waals surface area contributed by atoms with Crippen LogP contribution in [0.1, 0.15) is 23.2 Å². The number of carbonyl (C=O) groups is 1. The summed E-state index contributed by atoms with van der Waals surface area (Å²) in [5.74, 6) is 0.121. The zero-order chi connectivity index (χ0) is 14.8. The van der Waals surface area contributed by atoms with Crippen molar-refractivity contribution in [3.05, 3.63) is 36.0 Å². The van der Waals surface area contributed by atoms with E-state index in [0.29, 0.717) is 11.4 Å². The Balaban J connectivity index is 1.70. The van der Waals surface area contributed by atoms with Crippen molar-refractivity contribution < 1.29 is 4.79 Å². The second-order valence-corrected chi connectivity index (χ2v) is 5.26. The van der Waals surface area contributed by atoms with Crippen LogP contribution >= 0.6 is 0 Å². The van der Waals surface area contributed by atoms with Gasteiger partial charge in [0.1, 0.15) is 11.4 Å². The molecule has 1 amide bonds. The average molecular weight is 285 g/mol. The van der Waals surface area contributed by atoms with Gasteiger partial charge >= 0.3 is 0 Å². The molecular formula is C15H19N5O. The minimum atomic E-state index is -0.241. The number of nitrogens with two attached hydrogens (primary N) is 1. The molecule has 1 fully saturated rings. The largest absolute Gasteiger partial charge is 0.383 e. The van der Waals surface area contributed by atoms with E-state index in [4.69, 9.17) is 5.73 Å². The summed E-state index contributed by atoms with van der Waals surface area (Å²) in [6, 6.07) is 7.90. The SMILES string of the molecule is Cn1ncc(C(=O)Nc2ccc(N3CCCC3)cc2)c1N. The van der Waals surface area contributed by atoms with E-state index in [2.05, 4.69) is 15.3 Å². The normalized spacial score (nSPS) is 14.4. The van der Waals surface area contributed by atoms with Crippen molar-refractivity contribution in [2.75, 3.05) is 29.0 Å². The Morgan fingerprint density at radius 3 is 2.48 bits per heavy atom. The van der Waals surface area contributed by atoms with Gasteiger partial charge in [0.25, 0.3) is 5.91 Å². The summed E-state index contributed by atoms with van der Waals surface area (Å²) >= 11 is 0. The van der Waals surface area contributed by atoms with Gasteiger partial charge in [-0.15, -0.1) is 0 Å². The zero-order valence-electron chi connectivity index (χ0n) is 12.0. The minimum Gasteiger partial charge on any atom is -0.383 e. The molecule has 3 N–H and O–H groups in total. The highest BCUT2D eigenvalue weighted by molar-refractivity contribution is 6.07. The number of amides is 1. The van der Waals surface area contributed by atoms with Crippen molar-refractivity contribution in [3.63, 3.8) is 0 Å². The summed E-state index contributed by atoms with van der Waals surface area (Å²) in [5, 5.41) is 6.81. The van der Waals surface area contributed by atoms with E-state index < -0.39 is 0 Å². The Bertz CT molecular complexity index is 641. The molecule has 0 radical (unpaired) electrons. The molecule has 1 aromatic heterocycles. The van der Waals surface area contributed by atoms with Gasteiger partial charge in [-0.1, -0.05) is 0 Å². The van der Waals surface area contributed by atoms with Crippen molar-refractivity contribution in [2.24, 2.45) is 7.05 Å². The molecule has 0 atom stereocenters. The molecule has 0 aliphatic carbocycles. The number of hydrogen-bond donors (Lipinski definition) is 2. The van der Waals surface area contributed by atoms with Crippen LogP contribution in [0.25, 0.3) is 0 Å². The lowest BCUT2D eigenvalue weighted by Crippen LogP contribution is -2.17. The number of rotatable bonds is 3. The van der Waals surface area contributed by atoms with Crippen molar-refractivity contribution in [2.45, 2.75) is 12.8 Å². The summed E-state index contributed by atoms with van der Waals surface area (Å²) in [4.78, 5) is 14.5.